The summed E-state index contributed by atoms with van der Waals surface area (Å²) in [5, 5.41) is 2.79. The highest BCUT2D eigenvalue weighted by Crippen LogP contribution is 2.22. The van der Waals surface area contributed by atoms with Crippen LogP contribution < -0.4 is 10.1 Å². The number of nitrogens with one attached hydrogen (secondary N) is 2. The molecule has 0 bridgehead atoms. The Morgan fingerprint density at radius 2 is 2.04 bits per heavy atom. The quantitative estimate of drug-likeness (QED) is 0.690. The minimum atomic E-state index is -0.612. The van der Waals surface area contributed by atoms with E-state index in [1.165, 1.54) is 19.5 Å². The molecule has 26 heavy (non-hydrogen) atoms. The van der Waals surface area contributed by atoms with Crippen LogP contribution >= 0.6 is 0 Å². The number of imidazole rings is 1. The van der Waals surface area contributed by atoms with Crippen LogP contribution in [-0.4, -0.2) is 39.8 Å². The van der Waals surface area contributed by atoms with Gasteiger partial charge in [-0.2, -0.15) is 0 Å². The molecular formula is C18H22BN5O2. The minimum Gasteiger partial charge on any atom is -0.480 e. The van der Waals surface area contributed by atoms with Crippen LogP contribution in [0.4, 0.5) is 5.82 Å². The van der Waals surface area contributed by atoms with E-state index in [-0.39, 0.29) is 5.91 Å². The predicted molar refractivity (Wildman–Crippen MR) is 103 cm³/mol. The van der Waals surface area contributed by atoms with Crippen molar-refractivity contribution in [3.63, 3.8) is 0 Å². The lowest BCUT2D eigenvalue weighted by atomic mass is 10.1. The molecule has 7 nitrogen and oxygen atoms in total. The molecule has 8 heteroatoms. The number of benzene rings is 1. The number of carbonyl (C=O) groups is 1. The summed E-state index contributed by atoms with van der Waals surface area (Å²) in [7, 11) is 4.50. The van der Waals surface area contributed by atoms with Crippen LogP contribution in [0.5, 0.6) is 5.75 Å². The molecule has 3 rings (SSSR count). The van der Waals surface area contributed by atoms with Crippen LogP contribution in [-0.2, 0) is 4.79 Å². The van der Waals surface area contributed by atoms with Gasteiger partial charge in [-0.05, 0) is 31.9 Å². The summed E-state index contributed by atoms with van der Waals surface area (Å²) in [5.74, 6) is 0.842. The van der Waals surface area contributed by atoms with E-state index in [0.29, 0.717) is 29.2 Å². The molecule has 134 valence electrons. The number of carbonyl (C=O) groups excluding carboxylic acids is 1. The van der Waals surface area contributed by atoms with Gasteiger partial charge in [-0.25, -0.2) is 15.0 Å². The van der Waals surface area contributed by atoms with Gasteiger partial charge in [0, 0.05) is 0 Å². The van der Waals surface area contributed by atoms with Gasteiger partial charge >= 0.3 is 0 Å². The molecule has 2 aromatic heterocycles. The number of ether oxygens (including phenoxy) is 1. The summed E-state index contributed by atoms with van der Waals surface area (Å²) in [5.41, 5.74) is 3.25. The maximum absolute atomic E-state index is 12.6. The second-order valence-electron chi connectivity index (χ2n) is 5.60. The molecule has 3 aromatic rings. The van der Waals surface area contributed by atoms with Crippen LogP contribution in [0.25, 0.3) is 11.2 Å². The molecule has 2 heterocycles. The van der Waals surface area contributed by atoms with E-state index in [2.05, 4.69) is 33.1 Å². The maximum atomic E-state index is 12.6. The molecule has 0 spiro atoms. The lowest BCUT2D eigenvalue weighted by Gasteiger charge is -2.18. The van der Waals surface area contributed by atoms with Crippen molar-refractivity contribution in [2.45, 2.75) is 40.1 Å². The molecule has 2 radical (unpaired) electrons. The van der Waals surface area contributed by atoms with E-state index >= 15 is 0 Å². The first-order valence-corrected chi connectivity index (χ1v) is 8.35. The number of hydrogen-bond acceptors (Lipinski definition) is 5. The largest absolute Gasteiger partial charge is 0.480 e. The highest BCUT2D eigenvalue weighted by atomic mass is 16.5. The van der Waals surface area contributed by atoms with Gasteiger partial charge in [0.15, 0.2) is 17.6 Å². The number of nitrogens with zero attached hydrogens (tertiary/aromatic N) is 3. The van der Waals surface area contributed by atoms with Gasteiger partial charge in [-0.15, -0.1) is 0 Å². The van der Waals surface area contributed by atoms with Crippen molar-refractivity contribution in [2.75, 3.05) is 5.32 Å². The van der Waals surface area contributed by atoms with Crippen molar-refractivity contribution in [3.05, 3.63) is 42.0 Å². The fourth-order valence-electron chi connectivity index (χ4n) is 2.46. The Bertz CT molecular complexity index is 881. The predicted octanol–water partition coefficient (Wildman–Crippen LogP) is 2.97. The van der Waals surface area contributed by atoms with E-state index in [1.54, 1.807) is 0 Å². The molecule has 0 aliphatic rings. The number of fused-ring (bicyclic) bond motifs is 1. The minimum absolute atomic E-state index is 0.257. The molecule has 1 atom stereocenters. The average Bonchev–Trinajstić information content (AvgIpc) is 3.12. The van der Waals surface area contributed by atoms with Gasteiger partial charge in [-0.3, -0.25) is 4.79 Å². The first kappa shape index (κ1) is 19.4. The highest BCUT2D eigenvalue weighted by molar-refractivity contribution is 6.05. The standard InChI is InChI=1S/C17H19N5O2.CH3B/c1-4-12(24-13-6-5-10(2)7-11(13)3)17(23)22-16-14-15(19-8-18-14)20-9-21-16;1-2/h5-9,12H,4H2,1-3H3,(H2,18,19,20,21,22,23);1H3. The summed E-state index contributed by atoms with van der Waals surface area (Å²) >= 11 is 0. The van der Waals surface area contributed by atoms with Crippen LogP contribution in [0, 0.1) is 13.8 Å². The lowest BCUT2D eigenvalue weighted by molar-refractivity contribution is -0.122. The van der Waals surface area contributed by atoms with Crippen molar-refractivity contribution < 1.29 is 9.53 Å². The molecule has 0 saturated carbocycles. The Kier molecular flexibility index (Phi) is 6.71. The first-order valence-electron chi connectivity index (χ1n) is 8.35. The molecule has 2 N–H and O–H groups in total. The topological polar surface area (TPSA) is 92.8 Å². The summed E-state index contributed by atoms with van der Waals surface area (Å²) < 4.78 is 5.90. The number of aryl methyl sites for hydroxylation is 2. The number of rotatable bonds is 5. The average molecular weight is 351 g/mol. The number of aromatic nitrogens is 4. The molecule has 0 aliphatic carbocycles. The normalized spacial score (nSPS) is 11.4. The van der Waals surface area contributed by atoms with Crippen molar-refractivity contribution in [1.29, 1.82) is 0 Å². The lowest BCUT2D eigenvalue weighted by Crippen LogP contribution is -2.33. The van der Waals surface area contributed by atoms with E-state index in [9.17, 15) is 4.79 Å². The van der Waals surface area contributed by atoms with Gasteiger partial charge in [0.05, 0.1) is 14.2 Å². The van der Waals surface area contributed by atoms with Crippen molar-refractivity contribution >= 4 is 30.7 Å². The molecule has 0 aliphatic heterocycles. The number of hydrogen-bond donors (Lipinski definition) is 2. The van der Waals surface area contributed by atoms with Gasteiger partial charge in [-0.1, -0.05) is 31.4 Å². The monoisotopic (exact) mass is 351 g/mol. The third-order valence-corrected chi connectivity index (χ3v) is 3.73. The zero-order chi connectivity index (χ0) is 19.1. The Balaban J connectivity index is 0.00000117. The molecular weight excluding hydrogens is 329 g/mol. The molecule has 1 amide bonds. The first-order chi connectivity index (χ1) is 12.6. The number of anilines is 1. The Hall–Kier alpha value is -2.90. The Morgan fingerprint density at radius 1 is 1.27 bits per heavy atom. The third kappa shape index (κ3) is 4.39. The summed E-state index contributed by atoms with van der Waals surface area (Å²) in [6, 6.07) is 5.88. The summed E-state index contributed by atoms with van der Waals surface area (Å²) in [4.78, 5) is 27.7. The van der Waals surface area contributed by atoms with Gasteiger partial charge in [0.25, 0.3) is 5.91 Å². The van der Waals surface area contributed by atoms with Crippen molar-refractivity contribution in [1.82, 2.24) is 19.9 Å². The molecule has 0 saturated heterocycles. The fraction of sp³-hybridized carbons (Fsp3) is 0.333. The van der Waals surface area contributed by atoms with E-state index in [0.717, 1.165) is 11.1 Å². The van der Waals surface area contributed by atoms with E-state index < -0.39 is 6.10 Å². The second kappa shape index (κ2) is 8.98. The highest BCUT2D eigenvalue weighted by Gasteiger charge is 2.21. The second-order valence-corrected chi connectivity index (χ2v) is 5.60. The zero-order valence-corrected chi connectivity index (χ0v) is 15.4. The smallest absolute Gasteiger partial charge is 0.266 e. The third-order valence-electron chi connectivity index (χ3n) is 3.73. The summed E-state index contributed by atoms with van der Waals surface area (Å²) in [6.45, 7) is 7.39. The SMILES string of the molecule is CCC(Oc1ccc(C)cc1C)C(=O)Nc1ncnc2nc[nH]c12.[B]C. The Labute approximate surface area is 154 Å². The summed E-state index contributed by atoms with van der Waals surface area (Å²) in [6.07, 6.45) is 2.80. The number of aromatic amines is 1. The van der Waals surface area contributed by atoms with Crippen LogP contribution in [0.1, 0.15) is 24.5 Å². The molecule has 0 fully saturated rings. The van der Waals surface area contributed by atoms with E-state index in [4.69, 9.17) is 4.74 Å². The van der Waals surface area contributed by atoms with Crippen LogP contribution in [0.3, 0.4) is 0 Å². The number of amides is 1. The zero-order valence-electron chi connectivity index (χ0n) is 15.4. The molecule has 1 unspecified atom stereocenters. The van der Waals surface area contributed by atoms with Gasteiger partial charge in [0.1, 0.15) is 17.6 Å². The van der Waals surface area contributed by atoms with Crippen LogP contribution in [0.2, 0.25) is 6.82 Å². The van der Waals surface area contributed by atoms with E-state index in [1.807, 2.05) is 39.0 Å². The fourth-order valence-corrected chi connectivity index (χ4v) is 2.46. The van der Waals surface area contributed by atoms with Crippen LogP contribution in [0.15, 0.2) is 30.9 Å². The Morgan fingerprint density at radius 3 is 2.73 bits per heavy atom. The van der Waals surface area contributed by atoms with Gasteiger partial charge in [0.2, 0.25) is 0 Å². The molecule has 1 aromatic carbocycles. The van der Waals surface area contributed by atoms with Crippen molar-refractivity contribution in [3.8, 4) is 5.75 Å². The maximum Gasteiger partial charge on any atom is 0.266 e. The van der Waals surface area contributed by atoms with Gasteiger partial charge < -0.3 is 15.0 Å². The van der Waals surface area contributed by atoms with Crippen molar-refractivity contribution in [2.24, 2.45) is 0 Å². The number of H-pyrrole nitrogens is 1.